The molecule has 0 aliphatic rings. The van der Waals surface area contributed by atoms with Crippen LogP contribution in [-0.4, -0.2) is 19.8 Å². The summed E-state index contributed by atoms with van der Waals surface area (Å²) in [7, 11) is -1.53. The van der Waals surface area contributed by atoms with Crippen molar-refractivity contribution in [3.05, 3.63) is 41.6 Å². The number of aliphatic hydroxyl groups is 1. The van der Waals surface area contributed by atoms with E-state index in [1.807, 2.05) is 0 Å². The third-order valence-electron chi connectivity index (χ3n) is 3.03. The summed E-state index contributed by atoms with van der Waals surface area (Å²) in [4.78, 5) is 0. The molecule has 1 nitrogen and oxygen atoms in total. The van der Waals surface area contributed by atoms with Gasteiger partial charge in [-0.25, -0.2) is 0 Å². The average Bonchev–Trinajstić information content (AvgIpc) is 2.27. The van der Waals surface area contributed by atoms with Gasteiger partial charge in [-0.1, -0.05) is 59.9 Å². The number of rotatable bonds is 4. The summed E-state index contributed by atoms with van der Waals surface area (Å²) in [5.74, 6) is 0. The molecule has 0 unspecified atom stereocenters. The molecular formula is C13H20OSi. The van der Waals surface area contributed by atoms with E-state index in [1.54, 1.807) is 0 Å². The van der Waals surface area contributed by atoms with Gasteiger partial charge in [0.2, 0.25) is 0 Å². The Labute approximate surface area is 93.5 Å². The van der Waals surface area contributed by atoms with Gasteiger partial charge in [-0.2, -0.15) is 0 Å². The van der Waals surface area contributed by atoms with E-state index in [-0.39, 0.29) is 6.61 Å². The highest BCUT2D eigenvalue weighted by Crippen LogP contribution is 2.17. The standard InChI is InChI=1S/C13H20OSi/c1-4-12(10-11-14)15(2,3)13-8-6-5-7-9-13/h4-9,14H,10-11H2,1-3H3/b12-4+. The van der Waals surface area contributed by atoms with E-state index in [1.165, 1.54) is 10.4 Å². The van der Waals surface area contributed by atoms with Gasteiger partial charge in [0.25, 0.3) is 0 Å². The lowest BCUT2D eigenvalue weighted by Crippen LogP contribution is -2.43. The summed E-state index contributed by atoms with van der Waals surface area (Å²) in [5, 5.41) is 11.9. The lowest BCUT2D eigenvalue weighted by atomic mass is 10.4. The van der Waals surface area contributed by atoms with Gasteiger partial charge in [0.05, 0.1) is 0 Å². The highest BCUT2D eigenvalue weighted by atomic mass is 28.3. The van der Waals surface area contributed by atoms with Gasteiger partial charge in [-0.15, -0.1) is 0 Å². The molecule has 0 atom stereocenters. The van der Waals surface area contributed by atoms with E-state index in [4.69, 9.17) is 5.11 Å². The first-order valence-electron chi connectivity index (χ1n) is 5.45. The maximum Gasteiger partial charge on any atom is 0.107 e. The minimum Gasteiger partial charge on any atom is -0.396 e. The van der Waals surface area contributed by atoms with Crippen LogP contribution in [-0.2, 0) is 0 Å². The molecule has 0 spiro atoms. The second-order valence-corrected chi connectivity index (χ2v) is 8.75. The van der Waals surface area contributed by atoms with Crippen LogP contribution in [0.4, 0.5) is 0 Å². The third kappa shape index (κ3) is 2.80. The Morgan fingerprint density at radius 3 is 2.33 bits per heavy atom. The first-order chi connectivity index (χ1) is 7.12. The first-order valence-corrected chi connectivity index (χ1v) is 8.45. The maximum atomic E-state index is 9.06. The number of allylic oxidation sites excluding steroid dienone is 1. The molecule has 0 heterocycles. The fourth-order valence-corrected chi connectivity index (χ4v) is 4.83. The van der Waals surface area contributed by atoms with Crippen LogP contribution in [0.2, 0.25) is 13.1 Å². The third-order valence-corrected chi connectivity index (χ3v) is 6.95. The molecule has 82 valence electrons. The van der Waals surface area contributed by atoms with Crippen molar-refractivity contribution in [3.8, 4) is 0 Å². The van der Waals surface area contributed by atoms with Gasteiger partial charge < -0.3 is 5.11 Å². The van der Waals surface area contributed by atoms with Gasteiger partial charge in [0.15, 0.2) is 0 Å². The molecule has 1 aromatic carbocycles. The van der Waals surface area contributed by atoms with Crippen molar-refractivity contribution in [2.24, 2.45) is 0 Å². The lowest BCUT2D eigenvalue weighted by Gasteiger charge is -2.26. The van der Waals surface area contributed by atoms with Crippen LogP contribution >= 0.6 is 0 Å². The number of benzene rings is 1. The quantitative estimate of drug-likeness (QED) is 0.773. The average molecular weight is 220 g/mol. The normalized spacial score (nSPS) is 12.9. The largest absolute Gasteiger partial charge is 0.396 e. The summed E-state index contributed by atoms with van der Waals surface area (Å²) < 4.78 is 0. The van der Waals surface area contributed by atoms with Crippen LogP contribution in [0, 0.1) is 0 Å². The van der Waals surface area contributed by atoms with Crippen LogP contribution in [0.15, 0.2) is 41.6 Å². The van der Waals surface area contributed by atoms with Gasteiger partial charge in [0.1, 0.15) is 8.07 Å². The molecule has 0 aromatic heterocycles. The topological polar surface area (TPSA) is 20.2 Å². The van der Waals surface area contributed by atoms with Crippen LogP contribution in [0.5, 0.6) is 0 Å². The Morgan fingerprint density at radius 1 is 1.27 bits per heavy atom. The monoisotopic (exact) mass is 220 g/mol. The summed E-state index contributed by atoms with van der Waals surface area (Å²) in [6.07, 6.45) is 2.99. The van der Waals surface area contributed by atoms with E-state index in [9.17, 15) is 0 Å². The molecule has 0 saturated heterocycles. The molecule has 2 heteroatoms. The number of hydrogen-bond acceptors (Lipinski definition) is 1. The fraction of sp³-hybridized carbons (Fsp3) is 0.385. The van der Waals surface area contributed by atoms with Crippen molar-refractivity contribution in [1.82, 2.24) is 0 Å². The zero-order valence-corrected chi connectivity index (χ0v) is 10.8. The molecule has 1 aromatic rings. The van der Waals surface area contributed by atoms with Crippen molar-refractivity contribution >= 4 is 13.3 Å². The van der Waals surface area contributed by atoms with E-state index in [2.05, 4.69) is 56.4 Å². The Balaban J connectivity index is 3.01. The predicted octanol–water partition coefficient (Wildman–Crippen LogP) is 2.47. The van der Waals surface area contributed by atoms with E-state index in [0.717, 1.165) is 6.42 Å². The molecule has 0 fully saturated rings. The molecule has 1 rings (SSSR count). The Hall–Kier alpha value is -0.863. The molecule has 15 heavy (non-hydrogen) atoms. The van der Waals surface area contributed by atoms with Crippen molar-refractivity contribution in [1.29, 1.82) is 0 Å². The smallest absolute Gasteiger partial charge is 0.107 e. The highest BCUT2D eigenvalue weighted by molar-refractivity contribution is 6.95. The zero-order valence-electron chi connectivity index (χ0n) is 9.83. The zero-order chi connectivity index (χ0) is 11.3. The van der Waals surface area contributed by atoms with E-state index in [0.29, 0.717) is 0 Å². The number of hydrogen-bond donors (Lipinski definition) is 1. The Bertz CT molecular complexity index is 328. The van der Waals surface area contributed by atoms with Crippen LogP contribution in [0.1, 0.15) is 13.3 Å². The molecule has 0 saturated carbocycles. The van der Waals surface area contributed by atoms with Crippen molar-refractivity contribution in [2.75, 3.05) is 6.61 Å². The van der Waals surface area contributed by atoms with Crippen LogP contribution in [0.3, 0.4) is 0 Å². The molecule has 0 radical (unpaired) electrons. The predicted molar refractivity (Wildman–Crippen MR) is 69.0 cm³/mol. The first kappa shape index (κ1) is 12.2. The summed E-state index contributed by atoms with van der Waals surface area (Å²) in [6.45, 7) is 7.01. The van der Waals surface area contributed by atoms with E-state index >= 15 is 0 Å². The fourth-order valence-electron chi connectivity index (χ4n) is 1.98. The minimum absolute atomic E-state index is 0.253. The molecule has 0 amide bonds. The van der Waals surface area contributed by atoms with Crippen LogP contribution < -0.4 is 5.19 Å². The minimum atomic E-state index is -1.53. The van der Waals surface area contributed by atoms with Crippen molar-refractivity contribution in [2.45, 2.75) is 26.4 Å². The summed E-state index contributed by atoms with van der Waals surface area (Å²) in [5.41, 5.74) is 0. The maximum absolute atomic E-state index is 9.06. The number of aliphatic hydroxyl groups excluding tert-OH is 1. The van der Waals surface area contributed by atoms with E-state index < -0.39 is 8.07 Å². The van der Waals surface area contributed by atoms with Crippen LogP contribution in [0.25, 0.3) is 0 Å². The van der Waals surface area contributed by atoms with Gasteiger partial charge >= 0.3 is 0 Å². The Morgan fingerprint density at radius 2 is 1.87 bits per heavy atom. The van der Waals surface area contributed by atoms with Gasteiger partial charge in [0, 0.05) is 6.61 Å². The van der Waals surface area contributed by atoms with Gasteiger partial charge in [-0.3, -0.25) is 0 Å². The second-order valence-electron chi connectivity index (χ2n) is 4.28. The molecule has 1 N–H and O–H groups in total. The SMILES string of the molecule is C/C=C(\CCO)[Si](C)(C)c1ccccc1. The molecule has 0 bridgehead atoms. The van der Waals surface area contributed by atoms with Crippen molar-refractivity contribution < 1.29 is 5.11 Å². The Kier molecular flexibility index (Phi) is 4.30. The summed E-state index contributed by atoms with van der Waals surface area (Å²) >= 11 is 0. The highest BCUT2D eigenvalue weighted by Gasteiger charge is 2.26. The molecule has 0 aliphatic heterocycles. The molecular weight excluding hydrogens is 200 g/mol. The second kappa shape index (κ2) is 5.28. The lowest BCUT2D eigenvalue weighted by molar-refractivity contribution is 0.301. The molecule has 0 aliphatic carbocycles. The van der Waals surface area contributed by atoms with Gasteiger partial charge in [-0.05, 0) is 13.3 Å². The summed E-state index contributed by atoms with van der Waals surface area (Å²) in [6, 6.07) is 10.6. The van der Waals surface area contributed by atoms with Crippen molar-refractivity contribution in [3.63, 3.8) is 0 Å².